The van der Waals surface area contributed by atoms with E-state index in [9.17, 15) is 0 Å². The SMILES string of the molecule is c1ccc2c(c1)oc1c(-c3ccc4oc5ccc(-c6nc(-c7ccc8c9ccccc9c9ccccc9c8c7)nc(-c7cccc8oc9ccccc9c78)n6)cc5c4c3)cccc12. The van der Waals surface area contributed by atoms with Crippen LogP contribution in [0.2, 0.25) is 0 Å². The van der Waals surface area contributed by atoms with Crippen molar-refractivity contribution >= 4 is 98.1 Å². The highest BCUT2D eigenvalue weighted by atomic mass is 16.3. The number of furan rings is 3. The van der Waals surface area contributed by atoms with E-state index in [4.69, 9.17) is 28.2 Å². The Morgan fingerprint density at radius 3 is 1.41 bits per heavy atom. The lowest BCUT2D eigenvalue weighted by Crippen LogP contribution is -2.00. The van der Waals surface area contributed by atoms with Gasteiger partial charge in [-0.2, -0.15) is 0 Å². The third-order valence-corrected chi connectivity index (χ3v) is 12.7. The van der Waals surface area contributed by atoms with E-state index in [1.807, 2.05) is 60.7 Å². The van der Waals surface area contributed by atoms with Gasteiger partial charge in [-0.05, 0) is 92.5 Å². The molecule has 6 heteroatoms. The molecule has 6 nitrogen and oxygen atoms in total. The Hall–Kier alpha value is -8.61. The summed E-state index contributed by atoms with van der Waals surface area (Å²) in [6.45, 7) is 0. The predicted molar refractivity (Wildman–Crippen MR) is 256 cm³/mol. The molecule has 10 aromatic carbocycles. The molecule has 0 aliphatic carbocycles. The van der Waals surface area contributed by atoms with Crippen LogP contribution in [-0.4, -0.2) is 15.0 Å². The predicted octanol–water partition coefficient (Wildman–Crippen LogP) is 15.7. The summed E-state index contributed by atoms with van der Waals surface area (Å²) >= 11 is 0. The quantitative estimate of drug-likeness (QED) is 0.165. The van der Waals surface area contributed by atoms with Crippen molar-refractivity contribution in [1.29, 1.82) is 0 Å². The number of benzene rings is 10. The van der Waals surface area contributed by atoms with Crippen molar-refractivity contribution in [2.75, 3.05) is 0 Å². The van der Waals surface area contributed by atoms with Crippen LogP contribution in [0.15, 0.2) is 201 Å². The van der Waals surface area contributed by atoms with E-state index in [0.29, 0.717) is 17.5 Å². The van der Waals surface area contributed by atoms with E-state index in [-0.39, 0.29) is 0 Å². The molecule has 4 heterocycles. The fourth-order valence-electron chi connectivity index (χ4n) is 9.82. The summed E-state index contributed by atoms with van der Waals surface area (Å²) in [6.07, 6.45) is 0. The highest BCUT2D eigenvalue weighted by Crippen LogP contribution is 2.42. The zero-order chi connectivity index (χ0) is 41.2. The number of para-hydroxylation sites is 3. The van der Waals surface area contributed by atoms with Crippen molar-refractivity contribution in [3.05, 3.63) is 188 Å². The first-order chi connectivity index (χ1) is 31.2. The van der Waals surface area contributed by atoms with Crippen molar-refractivity contribution in [1.82, 2.24) is 15.0 Å². The highest BCUT2D eigenvalue weighted by Gasteiger charge is 2.20. The summed E-state index contributed by atoms with van der Waals surface area (Å²) in [6, 6.07) is 65.1. The largest absolute Gasteiger partial charge is 0.456 e. The van der Waals surface area contributed by atoms with E-state index in [1.165, 1.54) is 26.9 Å². The van der Waals surface area contributed by atoms with Crippen LogP contribution in [0.5, 0.6) is 0 Å². The Kier molecular flexibility index (Phi) is 7.02. The van der Waals surface area contributed by atoms with Crippen molar-refractivity contribution < 1.29 is 13.3 Å². The van der Waals surface area contributed by atoms with Crippen LogP contribution in [0.1, 0.15) is 0 Å². The van der Waals surface area contributed by atoms with Gasteiger partial charge < -0.3 is 13.3 Å². The zero-order valence-corrected chi connectivity index (χ0v) is 33.5. The van der Waals surface area contributed by atoms with E-state index < -0.39 is 0 Å². The van der Waals surface area contributed by atoms with Gasteiger partial charge in [0.05, 0.1) is 0 Å². The first-order valence-electron chi connectivity index (χ1n) is 21.1. The number of fused-ring (bicyclic) bond motifs is 15. The lowest BCUT2D eigenvalue weighted by molar-refractivity contribution is 0.668. The summed E-state index contributed by atoms with van der Waals surface area (Å²) in [5.74, 6) is 1.70. The van der Waals surface area contributed by atoms with Gasteiger partial charge in [0.15, 0.2) is 17.5 Å². The van der Waals surface area contributed by atoms with E-state index in [1.54, 1.807) is 0 Å². The van der Waals surface area contributed by atoms with Gasteiger partial charge in [-0.3, -0.25) is 0 Å². The Morgan fingerprint density at radius 1 is 0.254 bits per heavy atom. The number of rotatable bonds is 4. The summed E-state index contributed by atoms with van der Waals surface area (Å²) < 4.78 is 19.2. The molecule has 0 saturated heterocycles. The number of aromatic nitrogens is 3. The van der Waals surface area contributed by atoms with Crippen molar-refractivity contribution in [2.45, 2.75) is 0 Å². The van der Waals surface area contributed by atoms with Crippen LogP contribution in [0.4, 0.5) is 0 Å². The lowest BCUT2D eigenvalue weighted by Gasteiger charge is -2.13. The van der Waals surface area contributed by atoms with Gasteiger partial charge in [0.2, 0.25) is 0 Å². The number of hydrogen-bond donors (Lipinski definition) is 0. The third-order valence-electron chi connectivity index (χ3n) is 12.7. The highest BCUT2D eigenvalue weighted by molar-refractivity contribution is 6.26. The second-order valence-electron chi connectivity index (χ2n) is 16.2. The number of nitrogens with zero attached hydrogens (tertiary/aromatic N) is 3. The second-order valence-corrected chi connectivity index (χ2v) is 16.2. The molecule has 0 fully saturated rings. The summed E-state index contributed by atoms with van der Waals surface area (Å²) in [7, 11) is 0. The molecule has 292 valence electrons. The standard InChI is InChI=1S/C57H31N3O3/c1-2-13-38-36(11-1)37-12-3-4-14-39(37)45-30-33(23-26-40(38)45)55-58-56(60-57(59-55)44-19-10-22-52-53(44)43-16-6-8-21-49(43)62-52)34-25-28-51-47(31-34)46-29-32(24-27-50(46)61-51)35-17-9-18-42-41-15-5-7-20-48(41)63-54(35)42/h1-31H. The van der Waals surface area contributed by atoms with Gasteiger partial charge in [-0.1, -0.05) is 133 Å². The zero-order valence-electron chi connectivity index (χ0n) is 33.5. The minimum atomic E-state index is 0.558. The first-order valence-corrected chi connectivity index (χ1v) is 21.1. The van der Waals surface area contributed by atoms with Crippen LogP contribution < -0.4 is 0 Å². The average Bonchev–Trinajstić information content (AvgIpc) is 4.05. The Bertz CT molecular complexity index is 4200. The summed E-state index contributed by atoms with van der Waals surface area (Å²) in [5, 5.41) is 13.3. The monoisotopic (exact) mass is 805 g/mol. The smallest absolute Gasteiger partial charge is 0.164 e. The normalized spacial score (nSPS) is 12.1. The van der Waals surface area contributed by atoms with Crippen molar-refractivity contribution in [3.63, 3.8) is 0 Å². The Balaban J connectivity index is 0.988. The lowest BCUT2D eigenvalue weighted by atomic mass is 9.93. The maximum Gasteiger partial charge on any atom is 0.164 e. The molecule has 0 aliphatic heterocycles. The minimum absolute atomic E-state index is 0.558. The molecule has 0 spiro atoms. The summed E-state index contributed by atoms with van der Waals surface area (Å²) in [5.41, 5.74) is 9.61. The molecular formula is C57H31N3O3. The molecule has 4 aromatic heterocycles. The maximum atomic E-state index is 6.46. The molecule has 0 bridgehead atoms. The minimum Gasteiger partial charge on any atom is -0.456 e. The molecule has 63 heavy (non-hydrogen) atoms. The van der Waals surface area contributed by atoms with Crippen molar-refractivity contribution in [2.24, 2.45) is 0 Å². The maximum absolute atomic E-state index is 6.46. The molecule has 0 radical (unpaired) electrons. The third kappa shape index (κ3) is 5.09. The van der Waals surface area contributed by atoms with Gasteiger partial charge in [0, 0.05) is 54.6 Å². The average molecular weight is 806 g/mol. The molecular weight excluding hydrogens is 775 g/mol. The molecule has 14 aromatic rings. The van der Waals surface area contributed by atoms with Crippen LogP contribution in [0.3, 0.4) is 0 Å². The topological polar surface area (TPSA) is 78.1 Å². The van der Waals surface area contributed by atoms with Crippen LogP contribution >= 0.6 is 0 Å². The van der Waals surface area contributed by atoms with Gasteiger partial charge in [0.1, 0.15) is 33.5 Å². The van der Waals surface area contributed by atoms with Crippen LogP contribution in [-0.2, 0) is 0 Å². The molecule has 0 atom stereocenters. The fraction of sp³-hybridized carbons (Fsp3) is 0. The molecule has 0 aliphatic rings. The molecule has 0 saturated carbocycles. The van der Waals surface area contributed by atoms with Gasteiger partial charge in [-0.15, -0.1) is 0 Å². The molecule has 14 rings (SSSR count). The molecule has 0 unspecified atom stereocenters. The second kappa shape index (κ2) is 12.9. The van der Waals surface area contributed by atoms with E-state index in [2.05, 4.69) is 127 Å². The van der Waals surface area contributed by atoms with Gasteiger partial charge in [0.25, 0.3) is 0 Å². The van der Waals surface area contributed by atoms with Crippen LogP contribution in [0.25, 0.3) is 143 Å². The van der Waals surface area contributed by atoms with E-state index >= 15 is 0 Å². The molecule has 0 N–H and O–H groups in total. The van der Waals surface area contributed by atoms with Crippen LogP contribution in [0, 0.1) is 0 Å². The number of hydrogen-bond acceptors (Lipinski definition) is 6. The Morgan fingerprint density at radius 2 is 0.698 bits per heavy atom. The Labute approximate surface area is 358 Å². The van der Waals surface area contributed by atoms with E-state index in [0.717, 1.165) is 99.0 Å². The summed E-state index contributed by atoms with van der Waals surface area (Å²) in [4.78, 5) is 15.8. The molecule has 0 amide bonds. The van der Waals surface area contributed by atoms with Gasteiger partial charge in [-0.25, -0.2) is 15.0 Å². The first kappa shape index (κ1) is 34.1. The fourth-order valence-corrected chi connectivity index (χ4v) is 9.82. The van der Waals surface area contributed by atoms with Gasteiger partial charge >= 0.3 is 0 Å². The van der Waals surface area contributed by atoms with Crippen molar-refractivity contribution in [3.8, 4) is 45.3 Å².